The Morgan fingerprint density at radius 1 is 1.13 bits per heavy atom. The average molecular weight is 427 g/mol. The van der Waals surface area contributed by atoms with Gasteiger partial charge in [-0.25, -0.2) is 4.98 Å². The van der Waals surface area contributed by atoms with Crippen molar-refractivity contribution in [3.63, 3.8) is 0 Å². The largest absolute Gasteiger partial charge is 0.490 e. The van der Waals surface area contributed by atoms with Gasteiger partial charge in [0.2, 0.25) is 0 Å². The van der Waals surface area contributed by atoms with Crippen LogP contribution < -0.4 is 10.3 Å². The summed E-state index contributed by atoms with van der Waals surface area (Å²) in [7, 11) is 0. The van der Waals surface area contributed by atoms with Crippen LogP contribution in [-0.2, 0) is 28.8 Å². The number of hydrogen-bond acceptors (Lipinski definition) is 6. The Hall–Kier alpha value is -2.67. The van der Waals surface area contributed by atoms with E-state index < -0.39 is 0 Å². The molecule has 6 nitrogen and oxygen atoms in total. The topological polar surface area (TPSA) is 81.3 Å². The molecule has 158 valence electrons. The van der Waals surface area contributed by atoms with Crippen LogP contribution in [0.15, 0.2) is 23.0 Å². The van der Waals surface area contributed by atoms with E-state index >= 15 is 0 Å². The number of H-pyrrole nitrogens is 1. The van der Waals surface area contributed by atoms with Crippen LogP contribution >= 0.6 is 11.3 Å². The van der Waals surface area contributed by atoms with Crippen molar-refractivity contribution < 1.29 is 14.3 Å². The lowest BCUT2D eigenvalue weighted by Gasteiger charge is -2.09. The van der Waals surface area contributed by atoms with Crippen molar-refractivity contribution in [2.45, 2.75) is 52.4 Å². The molecule has 0 fully saturated rings. The SMILES string of the molecule is Cc1cc(C)cc(OCCOC(=O)CCc2nc3sc4c(c3c(=O)[nH]2)CCCC4)c1. The van der Waals surface area contributed by atoms with Gasteiger partial charge >= 0.3 is 5.97 Å². The van der Waals surface area contributed by atoms with E-state index in [-0.39, 0.29) is 24.6 Å². The highest BCUT2D eigenvalue weighted by Gasteiger charge is 2.20. The predicted octanol–water partition coefficient (Wildman–Crippen LogP) is 4.04. The Balaban J connectivity index is 1.28. The molecule has 0 radical (unpaired) electrons. The van der Waals surface area contributed by atoms with Gasteiger partial charge in [-0.05, 0) is 68.4 Å². The number of carbonyl (C=O) groups excluding carboxylic acids is 1. The summed E-state index contributed by atoms with van der Waals surface area (Å²) in [6.07, 6.45) is 4.80. The van der Waals surface area contributed by atoms with Gasteiger partial charge in [-0.2, -0.15) is 0 Å². The van der Waals surface area contributed by atoms with Gasteiger partial charge < -0.3 is 14.5 Å². The van der Waals surface area contributed by atoms with Gasteiger partial charge in [-0.3, -0.25) is 9.59 Å². The predicted molar refractivity (Wildman–Crippen MR) is 118 cm³/mol. The fourth-order valence-corrected chi connectivity index (χ4v) is 5.23. The van der Waals surface area contributed by atoms with Gasteiger partial charge in [0.1, 0.15) is 29.6 Å². The number of thiophene rings is 1. The minimum absolute atomic E-state index is 0.0929. The molecule has 1 aliphatic rings. The molecule has 0 atom stereocenters. The minimum atomic E-state index is -0.327. The number of aryl methyl sites for hydroxylation is 5. The zero-order valence-electron chi connectivity index (χ0n) is 17.4. The lowest BCUT2D eigenvalue weighted by atomic mass is 9.97. The van der Waals surface area contributed by atoms with Crippen LogP contribution in [0.1, 0.15) is 46.7 Å². The van der Waals surface area contributed by atoms with Crippen LogP contribution in [0, 0.1) is 13.8 Å². The lowest BCUT2D eigenvalue weighted by molar-refractivity contribution is -0.144. The number of benzene rings is 1. The molecule has 1 aliphatic carbocycles. The smallest absolute Gasteiger partial charge is 0.306 e. The first-order chi connectivity index (χ1) is 14.5. The molecule has 30 heavy (non-hydrogen) atoms. The summed E-state index contributed by atoms with van der Waals surface area (Å²) in [5.74, 6) is 0.985. The molecule has 3 aromatic rings. The molecular weight excluding hydrogens is 400 g/mol. The molecule has 0 unspecified atom stereocenters. The molecule has 0 aliphatic heterocycles. The van der Waals surface area contributed by atoms with Crippen molar-refractivity contribution in [3.8, 4) is 5.75 Å². The van der Waals surface area contributed by atoms with Crippen molar-refractivity contribution in [1.82, 2.24) is 9.97 Å². The Morgan fingerprint density at radius 3 is 2.70 bits per heavy atom. The molecule has 0 saturated carbocycles. The summed E-state index contributed by atoms with van der Waals surface area (Å²) >= 11 is 1.62. The highest BCUT2D eigenvalue weighted by Crippen LogP contribution is 2.33. The molecular formula is C23H26N2O4S. The van der Waals surface area contributed by atoms with Gasteiger partial charge in [0.15, 0.2) is 0 Å². The molecule has 1 aromatic carbocycles. The highest BCUT2D eigenvalue weighted by atomic mass is 32.1. The zero-order chi connectivity index (χ0) is 21.1. The number of esters is 1. The van der Waals surface area contributed by atoms with Gasteiger partial charge in [0, 0.05) is 11.3 Å². The van der Waals surface area contributed by atoms with Gasteiger partial charge in [0.05, 0.1) is 11.8 Å². The third-order valence-corrected chi connectivity index (χ3v) is 6.44. The first kappa shape index (κ1) is 20.6. The Bertz CT molecular complexity index is 1110. The summed E-state index contributed by atoms with van der Waals surface area (Å²) in [4.78, 5) is 34.1. The standard InChI is InChI=1S/C23H26N2O4S/c1-14-11-15(2)13-16(12-14)28-9-10-29-20(26)8-7-19-24-22(27)21-17-5-3-4-6-18(17)30-23(21)25-19/h11-13H,3-10H2,1-2H3,(H,24,25,27). The average Bonchev–Trinajstić information content (AvgIpc) is 3.08. The fourth-order valence-electron chi connectivity index (χ4n) is 3.95. The number of carbonyl (C=O) groups is 1. The normalized spacial score (nSPS) is 13.3. The Labute approximate surface area is 179 Å². The Morgan fingerprint density at radius 2 is 1.90 bits per heavy atom. The molecule has 0 amide bonds. The van der Waals surface area contributed by atoms with Gasteiger partial charge in [0.25, 0.3) is 5.56 Å². The number of rotatable bonds is 7. The monoisotopic (exact) mass is 426 g/mol. The number of fused-ring (bicyclic) bond motifs is 3. The van der Waals surface area contributed by atoms with Crippen LogP contribution in [0.4, 0.5) is 0 Å². The van der Waals surface area contributed by atoms with E-state index in [1.54, 1.807) is 11.3 Å². The second-order valence-electron chi connectivity index (χ2n) is 7.80. The molecule has 0 spiro atoms. The molecule has 7 heteroatoms. The van der Waals surface area contributed by atoms with E-state index in [1.165, 1.54) is 16.9 Å². The maximum absolute atomic E-state index is 12.5. The number of hydrogen-bond donors (Lipinski definition) is 1. The molecule has 2 heterocycles. The van der Waals surface area contributed by atoms with E-state index in [0.29, 0.717) is 18.9 Å². The summed E-state index contributed by atoms with van der Waals surface area (Å²) < 4.78 is 10.9. The van der Waals surface area contributed by atoms with E-state index in [1.807, 2.05) is 26.0 Å². The summed E-state index contributed by atoms with van der Waals surface area (Å²) in [5.41, 5.74) is 3.34. The van der Waals surface area contributed by atoms with E-state index in [0.717, 1.165) is 46.4 Å². The second-order valence-corrected chi connectivity index (χ2v) is 8.88. The number of ether oxygens (including phenoxy) is 2. The van der Waals surface area contributed by atoms with Crippen LogP contribution in [-0.4, -0.2) is 29.2 Å². The summed E-state index contributed by atoms with van der Waals surface area (Å²) in [6, 6.07) is 5.98. The van der Waals surface area contributed by atoms with E-state index in [4.69, 9.17) is 9.47 Å². The maximum Gasteiger partial charge on any atom is 0.306 e. The van der Waals surface area contributed by atoms with E-state index in [9.17, 15) is 9.59 Å². The van der Waals surface area contributed by atoms with Crippen molar-refractivity contribution in [1.29, 1.82) is 0 Å². The number of aromatic amines is 1. The molecule has 0 saturated heterocycles. The number of nitrogens with zero attached hydrogens (tertiary/aromatic N) is 1. The quantitative estimate of drug-likeness (QED) is 0.456. The third-order valence-electron chi connectivity index (χ3n) is 5.25. The van der Waals surface area contributed by atoms with Crippen molar-refractivity contribution in [3.05, 3.63) is 55.9 Å². The fraction of sp³-hybridized carbons (Fsp3) is 0.435. The zero-order valence-corrected chi connectivity index (χ0v) is 18.2. The summed E-state index contributed by atoms with van der Waals surface area (Å²) in [6.45, 7) is 4.52. The molecule has 0 bridgehead atoms. The third kappa shape index (κ3) is 4.73. The molecule has 4 rings (SSSR count). The summed E-state index contributed by atoms with van der Waals surface area (Å²) in [5, 5.41) is 0.740. The second kappa shape index (κ2) is 9.00. The van der Waals surface area contributed by atoms with Crippen molar-refractivity contribution in [2.75, 3.05) is 13.2 Å². The number of aromatic nitrogens is 2. The number of nitrogens with one attached hydrogen (secondary N) is 1. The van der Waals surface area contributed by atoms with Crippen LogP contribution in [0.2, 0.25) is 0 Å². The minimum Gasteiger partial charge on any atom is -0.490 e. The first-order valence-corrected chi connectivity index (χ1v) is 11.2. The van der Waals surface area contributed by atoms with Crippen molar-refractivity contribution >= 4 is 27.5 Å². The van der Waals surface area contributed by atoms with Gasteiger partial charge in [-0.1, -0.05) is 6.07 Å². The van der Waals surface area contributed by atoms with Crippen LogP contribution in [0.25, 0.3) is 10.2 Å². The van der Waals surface area contributed by atoms with Crippen molar-refractivity contribution in [2.24, 2.45) is 0 Å². The first-order valence-electron chi connectivity index (χ1n) is 10.4. The molecule has 1 N–H and O–H groups in total. The van der Waals surface area contributed by atoms with E-state index in [2.05, 4.69) is 16.0 Å². The maximum atomic E-state index is 12.5. The van der Waals surface area contributed by atoms with Crippen LogP contribution in [0.5, 0.6) is 5.75 Å². The molecule has 2 aromatic heterocycles. The van der Waals surface area contributed by atoms with Gasteiger partial charge in [-0.15, -0.1) is 11.3 Å². The highest BCUT2D eigenvalue weighted by molar-refractivity contribution is 7.18. The van der Waals surface area contributed by atoms with Crippen LogP contribution in [0.3, 0.4) is 0 Å². The lowest BCUT2D eigenvalue weighted by Crippen LogP contribution is -2.16. The Kier molecular flexibility index (Phi) is 6.18.